The SMILES string of the molecule is CCCCOc1cccc(/C(O)=C2\C(=O)C(=O)N(c3nc4ccc(OC)cc4s3)C2c2ccc(OCCC)cc2)c1. The number of anilines is 1. The van der Waals surface area contributed by atoms with Crippen molar-refractivity contribution in [2.24, 2.45) is 0 Å². The zero-order valence-electron chi connectivity index (χ0n) is 23.3. The second-order valence-corrected chi connectivity index (χ2v) is 10.7. The lowest BCUT2D eigenvalue weighted by Gasteiger charge is -2.23. The third-order valence-electron chi connectivity index (χ3n) is 6.78. The second kappa shape index (κ2) is 12.4. The lowest BCUT2D eigenvalue weighted by Crippen LogP contribution is -2.29. The molecule has 0 aliphatic carbocycles. The number of hydrogen-bond acceptors (Lipinski definition) is 8. The number of benzene rings is 3. The Morgan fingerprint density at radius 2 is 1.68 bits per heavy atom. The number of aliphatic hydroxyl groups excluding tert-OH is 1. The molecular formula is C32H32N2O6S. The average Bonchev–Trinajstić information content (AvgIpc) is 3.53. The zero-order valence-corrected chi connectivity index (χ0v) is 24.1. The standard InChI is InChI=1S/C32H32N2O6S/c1-4-6-17-40-24-9-7-8-21(18-24)29(35)27-28(20-10-12-22(13-11-20)39-16-5-2)34(31(37)30(27)36)32-33-25-15-14-23(38-3)19-26(25)41-32/h7-15,18-19,28,35H,4-6,16-17H2,1-3H3/b29-27+. The van der Waals surface area contributed by atoms with Crippen molar-refractivity contribution >= 4 is 44.1 Å². The molecule has 3 aromatic carbocycles. The highest BCUT2D eigenvalue weighted by molar-refractivity contribution is 7.22. The molecule has 2 heterocycles. The Bertz CT molecular complexity index is 1590. The average molecular weight is 573 g/mol. The number of carbonyl (C=O) groups is 2. The molecule has 1 unspecified atom stereocenters. The molecule has 4 aromatic rings. The molecule has 1 N–H and O–H groups in total. The Hall–Kier alpha value is -4.37. The second-order valence-electron chi connectivity index (χ2n) is 9.65. The van der Waals surface area contributed by atoms with Crippen LogP contribution in [0.4, 0.5) is 5.13 Å². The van der Waals surface area contributed by atoms with E-state index in [4.69, 9.17) is 14.2 Å². The number of unbranched alkanes of at least 4 members (excludes halogenated alkanes) is 1. The number of ketones is 1. The smallest absolute Gasteiger partial charge is 0.301 e. The first kappa shape index (κ1) is 28.2. The number of Topliss-reactive ketones (excluding diaryl/α,β-unsaturated/α-hetero) is 1. The number of thiazole rings is 1. The number of aromatic nitrogens is 1. The molecule has 1 aliphatic rings. The quantitative estimate of drug-likeness (QED) is 0.0904. The van der Waals surface area contributed by atoms with Crippen molar-refractivity contribution in [3.63, 3.8) is 0 Å². The largest absolute Gasteiger partial charge is 0.507 e. The van der Waals surface area contributed by atoms with Gasteiger partial charge in [0.25, 0.3) is 5.78 Å². The maximum absolute atomic E-state index is 13.6. The fourth-order valence-electron chi connectivity index (χ4n) is 4.66. The van der Waals surface area contributed by atoms with Gasteiger partial charge in [0.15, 0.2) is 5.13 Å². The van der Waals surface area contributed by atoms with Gasteiger partial charge in [0.2, 0.25) is 0 Å². The Morgan fingerprint density at radius 1 is 0.927 bits per heavy atom. The summed E-state index contributed by atoms with van der Waals surface area (Å²) in [5, 5.41) is 11.9. The number of carbonyl (C=O) groups excluding carboxylic acids is 2. The van der Waals surface area contributed by atoms with Crippen molar-refractivity contribution in [1.82, 2.24) is 4.98 Å². The highest BCUT2D eigenvalue weighted by Gasteiger charge is 2.48. The van der Waals surface area contributed by atoms with E-state index >= 15 is 0 Å². The van der Waals surface area contributed by atoms with E-state index in [1.54, 1.807) is 49.6 Å². The van der Waals surface area contributed by atoms with E-state index in [2.05, 4.69) is 11.9 Å². The Morgan fingerprint density at radius 3 is 2.41 bits per heavy atom. The summed E-state index contributed by atoms with van der Waals surface area (Å²) in [7, 11) is 1.58. The summed E-state index contributed by atoms with van der Waals surface area (Å²) in [5.41, 5.74) is 1.69. The molecule has 1 saturated heterocycles. The van der Waals surface area contributed by atoms with Crippen LogP contribution in [0.25, 0.3) is 16.0 Å². The first-order chi connectivity index (χ1) is 19.9. The molecule has 41 heavy (non-hydrogen) atoms. The van der Waals surface area contributed by atoms with E-state index in [1.807, 2.05) is 31.2 Å². The minimum atomic E-state index is -0.901. The number of amides is 1. The number of aliphatic hydroxyl groups is 1. The first-order valence-electron chi connectivity index (χ1n) is 13.7. The van der Waals surface area contributed by atoms with Gasteiger partial charge in [-0.05, 0) is 60.9 Å². The van der Waals surface area contributed by atoms with Crippen LogP contribution in [0.15, 0.2) is 72.3 Å². The Labute approximate surface area is 242 Å². The molecule has 1 atom stereocenters. The van der Waals surface area contributed by atoms with Crippen LogP contribution in [0.3, 0.4) is 0 Å². The van der Waals surface area contributed by atoms with Crippen LogP contribution >= 0.6 is 11.3 Å². The van der Waals surface area contributed by atoms with Crippen LogP contribution in [-0.4, -0.2) is 42.1 Å². The van der Waals surface area contributed by atoms with Crippen molar-refractivity contribution in [2.75, 3.05) is 25.2 Å². The van der Waals surface area contributed by atoms with Gasteiger partial charge in [-0.25, -0.2) is 4.98 Å². The van der Waals surface area contributed by atoms with Gasteiger partial charge >= 0.3 is 5.91 Å². The minimum Gasteiger partial charge on any atom is -0.507 e. The van der Waals surface area contributed by atoms with Crippen molar-refractivity contribution in [1.29, 1.82) is 0 Å². The summed E-state index contributed by atoms with van der Waals surface area (Å²) < 4.78 is 17.7. The van der Waals surface area contributed by atoms with Gasteiger partial charge in [-0.3, -0.25) is 14.5 Å². The third-order valence-corrected chi connectivity index (χ3v) is 7.80. The fourth-order valence-corrected chi connectivity index (χ4v) is 5.68. The van der Waals surface area contributed by atoms with Crippen molar-refractivity contribution in [2.45, 2.75) is 39.2 Å². The normalized spacial score (nSPS) is 16.4. The summed E-state index contributed by atoms with van der Waals surface area (Å²) in [6.45, 7) is 5.22. The molecule has 0 radical (unpaired) electrons. The maximum Gasteiger partial charge on any atom is 0.301 e. The monoisotopic (exact) mass is 572 g/mol. The number of ether oxygens (including phenoxy) is 3. The number of methoxy groups -OCH3 is 1. The molecule has 0 spiro atoms. The fraction of sp³-hybridized carbons (Fsp3) is 0.281. The predicted molar refractivity (Wildman–Crippen MR) is 160 cm³/mol. The summed E-state index contributed by atoms with van der Waals surface area (Å²) in [4.78, 5) is 33.3. The summed E-state index contributed by atoms with van der Waals surface area (Å²) in [5.74, 6) is 0.0976. The maximum atomic E-state index is 13.6. The number of nitrogens with zero attached hydrogens (tertiary/aromatic N) is 2. The molecule has 1 fully saturated rings. The molecule has 1 aliphatic heterocycles. The molecule has 0 saturated carbocycles. The Balaban J connectivity index is 1.62. The van der Waals surface area contributed by atoms with Crippen LogP contribution in [0.5, 0.6) is 17.2 Å². The summed E-state index contributed by atoms with van der Waals surface area (Å²) in [6.07, 6.45) is 2.75. The van der Waals surface area contributed by atoms with Crippen molar-refractivity contribution in [3.05, 3.63) is 83.4 Å². The number of hydrogen-bond donors (Lipinski definition) is 1. The lowest BCUT2D eigenvalue weighted by molar-refractivity contribution is -0.132. The van der Waals surface area contributed by atoms with Crippen molar-refractivity contribution < 1.29 is 28.9 Å². The van der Waals surface area contributed by atoms with E-state index in [0.29, 0.717) is 52.2 Å². The van der Waals surface area contributed by atoms with Crippen LogP contribution in [0.2, 0.25) is 0 Å². The van der Waals surface area contributed by atoms with Gasteiger partial charge in [-0.1, -0.05) is 55.9 Å². The molecule has 0 bridgehead atoms. The van der Waals surface area contributed by atoms with Crippen LogP contribution in [-0.2, 0) is 9.59 Å². The van der Waals surface area contributed by atoms with Crippen LogP contribution in [0, 0.1) is 0 Å². The highest BCUT2D eigenvalue weighted by Crippen LogP contribution is 2.45. The highest BCUT2D eigenvalue weighted by atomic mass is 32.1. The third kappa shape index (κ3) is 5.76. The van der Waals surface area contributed by atoms with Gasteiger partial charge in [0, 0.05) is 5.56 Å². The molecular weight excluding hydrogens is 540 g/mol. The minimum absolute atomic E-state index is 0.0141. The number of rotatable bonds is 11. The van der Waals surface area contributed by atoms with Gasteiger partial charge in [0.05, 0.1) is 42.2 Å². The first-order valence-corrected chi connectivity index (χ1v) is 14.5. The lowest BCUT2D eigenvalue weighted by atomic mass is 9.95. The van der Waals surface area contributed by atoms with Gasteiger partial charge in [0.1, 0.15) is 23.0 Å². The van der Waals surface area contributed by atoms with Crippen molar-refractivity contribution in [3.8, 4) is 17.2 Å². The van der Waals surface area contributed by atoms with E-state index in [0.717, 1.165) is 24.0 Å². The van der Waals surface area contributed by atoms with E-state index in [1.165, 1.54) is 16.2 Å². The van der Waals surface area contributed by atoms with E-state index < -0.39 is 17.7 Å². The zero-order chi connectivity index (χ0) is 28.9. The predicted octanol–water partition coefficient (Wildman–Crippen LogP) is 6.90. The molecule has 1 aromatic heterocycles. The summed E-state index contributed by atoms with van der Waals surface area (Å²) >= 11 is 1.28. The molecule has 5 rings (SSSR count). The summed E-state index contributed by atoms with van der Waals surface area (Å²) in [6, 6.07) is 18.7. The van der Waals surface area contributed by atoms with E-state index in [9.17, 15) is 14.7 Å². The molecule has 1 amide bonds. The topological polar surface area (TPSA) is 98.2 Å². The molecule has 212 valence electrons. The van der Waals surface area contributed by atoms with E-state index in [-0.39, 0.29) is 11.3 Å². The Kier molecular flexibility index (Phi) is 8.54. The van der Waals surface area contributed by atoms with Gasteiger partial charge in [-0.2, -0.15) is 0 Å². The van der Waals surface area contributed by atoms with Gasteiger partial charge < -0.3 is 19.3 Å². The molecule has 8 nitrogen and oxygen atoms in total. The van der Waals surface area contributed by atoms with Crippen LogP contribution < -0.4 is 19.1 Å². The number of fused-ring (bicyclic) bond motifs is 1. The van der Waals surface area contributed by atoms with Gasteiger partial charge in [-0.15, -0.1) is 0 Å². The van der Waals surface area contributed by atoms with Crippen LogP contribution in [0.1, 0.15) is 50.3 Å². The molecule has 9 heteroatoms.